The molecule has 3 nitrogen and oxygen atoms in total. The first kappa shape index (κ1) is 13.0. The molecule has 2 fully saturated rings. The van der Waals surface area contributed by atoms with Crippen molar-refractivity contribution in [2.45, 2.75) is 83.2 Å². The summed E-state index contributed by atoms with van der Waals surface area (Å²) in [5, 5.41) is 3.72. The third-order valence-electron chi connectivity index (χ3n) is 4.76. The van der Waals surface area contributed by atoms with Gasteiger partial charge in [-0.25, -0.2) is 4.98 Å². The summed E-state index contributed by atoms with van der Waals surface area (Å²) in [6.07, 6.45) is 15.9. The molecule has 19 heavy (non-hydrogen) atoms. The van der Waals surface area contributed by atoms with E-state index in [1.807, 2.05) is 0 Å². The van der Waals surface area contributed by atoms with Gasteiger partial charge in [0.15, 0.2) is 0 Å². The Labute approximate surface area is 116 Å². The molecular formula is C16H27N3. The molecule has 0 radical (unpaired) electrons. The van der Waals surface area contributed by atoms with Gasteiger partial charge in [-0.2, -0.15) is 0 Å². The lowest BCUT2D eigenvalue weighted by Gasteiger charge is -2.28. The van der Waals surface area contributed by atoms with E-state index >= 15 is 0 Å². The molecule has 1 aromatic rings. The zero-order valence-corrected chi connectivity index (χ0v) is 12.2. The van der Waals surface area contributed by atoms with E-state index in [9.17, 15) is 0 Å². The van der Waals surface area contributed by atoms with Gasteiger partial charge in [0.25, 0.3) is 0 Å². The summed E-state index contributed by atoms with van der Waals surface area (Å²) in [7, 11) is 0. The monoisotopic (exact) mass is 261 g/mol. The van der Waals surface area contributed by atoms with Gasteiger partial charge in [-0.1, -0.05) is 38.5 Å². The van der Waals surface area contributed by atoms with Crippen molar-refractivity contribution in [1.82, 2.24) is 9.55 Å². The molecule has 3 rings (SSSR count). The van der Waals surface area contributed by atoms with Gasteiger partial charge in [-0.3, -0.25) is 0 Å². The van der Waals surface area contributed by atoms with Crippen LogP contribution in [0.4, 0.5) is 5.95 Å². The van der Waals surface area contributed by atoms with E-state index in [2.05, 4.69) is 23.0 Å². The van der Waals surface area contributed by atoms with Crippen molar-refractivity contribution in [2.75, 3.05) is 5.32 Å². The number of anilines is 1. The lowest BCUT2D eigenvalue weighted by atomic mass is 9.95. The Bertz CT molecular complexity index is 398. The van der Waals surface area contributed by atoms with Crippen LogP contribution in [-0.2, 0) is 0 Å². The molecule has 0 unspecified atom stereocenters. The van der Waals surface area contributed by atoms with Crippen molar-refractivity contribution in [3.8, 4) is 0 Å². The Hall–Kier alpha value is -0.990. The number of hydrogen-bond donors (Lipinski definition) is 1. The lowest BCUT2D eigenvalue weighted by Crippen LogP contribution is -2.25. The van der Waals surface area contributed by atoms with Gasteiger partial charge in [-0.05, 0) is 32.6 Å². The van der Waals surface area contributed by atoms with Crippen LogP contribution < -0.4 is 5.32 Å². The maximum atomic E-state index is 4.73. The van der Waals surface area contributed by atoms with Crippen LogP contribution in [0.1, 0.15) is 75.9 Å². The second kappa shape index (κ2) is 5.98. The van der Waals surface area contributed by atoms with E-state index in [1.165, 1.54) is 64.2 Å². The van der Waals surface area contributed by atoms with Crippen molar-refractivity contribution in [3.05, 3.63) is 11.9 Å². The highest BCUT2D eigenvalue weighted by molar-refractivity contribution is 5.31. The first-order chi connectivity index (χ1) is 9.33. The summed E-state index contributed by atoms with van der Waals surface area (Å²) >= 11 is 0. The SMILES string of the molecule is Cc1cn(C2CCCCC2)c(NC2CCCCC2)n1. The minimum absolute atomic E-state index is 0.651. The number of rotatable bonds is 3. The Kier molecular flexibility index (Phi) is 4.09. The molecule has 0 spiro atoms. The molecule has 0 saturated heterocycles. The van der Waals surface area contributed by atoms with E-state index in [0.29, 0.717) is 12.1 Å². The van der Waals surface area contributed by atoms with Gasteiger partial charge in [0, 0.05) is 18.3 Å². The summed E-state index contributed by atoms with van der Waals surface area (Å²) in [4.78, 5) is 4.73. The molecule has 106 valence electrons. The Morgan fingerprint density at radius 2 is 1.63 bits per heavy atom. The molecule has 0 bridgehead atoms. The first-order valence-corrected chi connectivity index (χ1v) is 8.15. The Morgan fingerprint density at radius 1 is 1.00 bits per heavy atom. The molecule has 2 saturated carbocycles. The Morgan fingerprint density at radius 3 is 2.32 bits per heavy atom. The normalized spacial score (nSPS) is 22.6. The quantitative estimate of drug-likeness (QED) is 0.871. The maximum absolute atomic E-state index is 4.73. The van der Waals surface area contributed by atoms with Crippen molar-refractivity contribution in [2.24, 2.45) is 0 Å². The van der Waals surface area contributed by atoms with Crippen LogP contribution in [0.2, 0.25) is 0 Å². The lowest BCUT2D eigenvalue weighted by molar-refractivity contribution is 0.353. The summed E-state index contributed by atoms with van der Waals surface area (Å²) in [6.45, 7) is 2.12. The van der Waals surface area contributed by atoms with Crippen LogP contribution in [0.15, 0.2) is 6.20 Å². The largest absolute Gasteiger partial charge is 0.353 e. The predicted octanol–water partition coefficient (Wildman–Crippen LogP) is 4.44. The van der Waals surface area contributed by atoms with E-state index in [1.54, 1.807) is 0 Å². The Balaban J connectivity index is 1.72. The van der Waals surface area contributed by atoms with Gasteiger partial charge >= 0.3 is 0 Å². The summed E-state index contributed by atoms with van der Waals surface area (Å²) in [5.74, 6) is 1.14. The third-order valence-corrected chi connectivity index (χ3v) is 4.76. The molecule has 1 aromatic heterocycles. The minimum Gasteiger partial charge on any atom is -0.353 e. The van der Waals surface area contributed by atoms with Crippen LogP contribution in [0, 0.1) is 6.92 Å². The molecule has 1 heterocycles. The van der Waals surface area contributed by atoms with E-state index in [4.69, 9.17) is 4.98 Å². The molecule has 2 aliphatic carbocycles. The minimum atomic E-state index is 0.651. The van der Waals surface area contributed by atoms with Crippen LogP contribution in [0.25, 0.3) is 0 Å². The zero-order chi connectivity index (χ0) is 13.1. The van der Waals surface area contributed by atoms with Crippen LogP contribution in [-0.4, -0.2) is 15.6 Å². The molecule has 1 N–H and O–H groups in total. The van der Waals surface area contributed by atoms with Crippen molar-refractivity contribution < 1.29 is 0 Å². The number of nitrogens with zero attached hydrogens (tertiary/aromatic N) is 2. The van der Waals surface area contributed by atoms with Crippen LogP contribution in [0.3, 0.4) is 0 Å². The van der Waals surface area contributed by atoms with Crippen LogP contribution >= 0.6 is 0 Å². The zero-order valence-electron chi connectivity index (χ0n) is 12.2. The van der Waals surface area contributed by atoms with Gasteiger partial charge < -0.3 is 9.88 Å². The highest BCUT2D eigenvalue weighted by Crippen LogP contribution is 2.31. The number of hydrogen-bond acceptors (Lipinski definition) is 2. The van der Waals surface area contributed by atoms with Crippen molar-refractivity contribution >= 4 is 5.95 Å². The van der Waals surface area contributed by atoms with Gasteiger partial charge in [-0.15, -0.1) is 0 Å². The molecule has 3 heteroatoms. The number of aromatic nitrogens is 2. The summed E-state index contributed by atoms with van der Waals surface area (Å²) < 4.78 is 2.43. The average molecular weight is 261 g/mol. The molecule has 0 atom stereocenters. The fourth-order valence-corrected chi connectivity index (χ4v) is 3.69. The molecular weight excluding hydrogens is 234 g/mol. The van der Waals surface area contributed by atoms with Crippen molar-refractivity contribution in [3.63, 3.8) is 0 Å². The topological polar surface area (TPSA) is 29.9 Å². The molecule has 2 aliphatic rings. The maximum Gasteiger partial charge on any atom is 0.203 e. The second-order valence-corrected chi connectivity index (χ2v) is 6.38. The van der Waals surface area contributed by atoms with Gasteiger partial charge in [0.1, 0.15) is 0 Å². The average Bonchev–Trinajstić information content (AvgIpc) is 2.82. The fourth-order valence-electron chi connectivity index (χ4n) is 3.69. The summed E-state index contributed by atoms with van der Waals surface area (Å²) in [6, 6.07) is 1.33. The van der Waals surface area contributed by atoms with E-state index in [0.717, 1.165) is 11.6 Å². The van der Waals surface area contributed by atoms with Gasteiger partial charge in [0.05, 0.1) is 5.69 Å². The fraction of sp³-hybridized carbons (Fsp3) is 0.812. The van der Waals surface area contributed by atoms with Gasteiger partial charge in [0.2, 0.25) is 5.95 Å². The predicted molar refractivity (Wildman–Crippen MR) is 79.6 cm³/mol. The number of imidazole rings is 1. The first-order valence-electron chi connectivity index (χ1n) is 8.15. The standard InChI is InChI=1S/C16H27N3/c1-13-12-19(15-10-6-3-7-11-15)16(17-13)18-14-8-4-2-5-9-14/h12,14-15H,2-11H2,1H3,(H,17,18). The molecule has 0 aromatic carbocycles. The molecule has 0 amide bonds. The number of aryl methyl sites for hydroxylation is 1. The highest BCUT2D eigenvalue weighted by atomic mass is 15.2. The number of nitrogens with one attached hydrogen (secondary N) is 1. The second-order valence-electron chi connectivity index (χ2n) is 6.38. The van der Waals surface area contributed by atoms with E-state index in [-0.39, 0.29) is 0 Å². The third kappa shape index (κ3) is 3.13. The summed E-state index contributed by atoms with van der Waals surface area (Å²) in [5.41, 5.74) is 1.16. The highest BCUT2D eigenvalue weighted by Gasteiger charge is 2.21. The smallest absolute Gasteiger partial charge is 0.203 e. The van der Waals surface area contributed by atoms with Crippen LogP contribution in [0.5, 0.6) is 0 Å². The molecule has 0 aliphatic heterocycles. The van der Waals surface area contributed by atoms with E-state index < -0.39 is 0 Å². The van der Waals surface area contributed by atoms with Crippen molar-refractivity contribution in [1.29, 1.82) is 0 Å².